The minimum Gasteiger partial charge on any atom is -0.394 e. The van der Waals surface area contributed by atoms with Crippen LogP contribution in [0.2, 0.25) is 0 Å². The lowest BCUT2D eigenvalue weighted by Gasteiger charge is -2.17. The Morgan fingerprint density at radius 2 is 1.87 bits per heavy atom. The monoisotopic (exact) mass is 445 g/mol. The van der Waals surface area contributed by atoms with Crippen LogP contribution >= 0.6 is 0 Å². The number of aliphatic hydroxyl groups is 1. The molecule has 10 heteroatoms. The van der Waals surface area contributed by atoms with Crippen molar-refractivity contribution in [2.24, 2.45) is 7.05 Å². The zero-order valence-electron chi connectivity index (χ0n) is 18.2. The summed E-state index contributed by atoms with van der Waals surface area (Å²) < 4.78 is 26.2. The number of nitrogens with zero attached hydrogens (tertiary/aromatic N) is 3. The Labute approximate surface area is 181 Å². The maximum Gasteiger partial charge on any atom is 0.264 e. The molecule has 2 heterocycles. The summed E-state index contributed by atoms with van der Waals surface area (Å²) in [5, 5.41) is 15.9. The molecule has 0 bridgehead atoms. The molecule has 0 saturated carbocycles. The first kappa shape index (κ1) is 22.7. The lowest BCUT2D eigenvalue weighted by molar-refractivity contribution is 0.281. The van der Waals surface area contributed by atoms with Crippen molar-refractivity contribution >= 4 is 32.2 Å². The quantitative estimate of drug-likeness (QED) is 0.504. The van der Waals surface area contributed by atoms with E-state index >= 15 is 0 Å². The van der Waals surface area contributed by atoms with Gasteiger partial charge in [-0.05, 0) is 39.0 Å². The van der Waals surface area contributed by atoms with Gasteiger partial charge in [0.15, 0.2) is 9.84 Å². The average Bonchev–Trinajstić information content (AvgIpc) is 2.69. The van der Waals surface area contributed by atoms with E-state index < -0.39 is 9.84 Å². The number of aliphatic hydroxyl groups excluding tert-OH is 1. The van der Waals surface area contributed by atoms with E-state index in [1.165, 1.54) is 17.0 Å². The number of aryl methyl sites for hydroxylation is 1. The summed E-state index contributed by atoms with van der Waals surface area (Å²) >= 11 is 0. The van der Waals surface area contributed by atoms with E-state index in [1.807, 2.05) is 13.8 Å². The summed E-state index contributed by atoms with van der Waals surface area (Å²) in [4.78, 5) is 21.8. The summed E-state index contributed by atoms with van der Waals surface area (Å²) in [7, 11) is -1.93. The summed E-state index contributed by atoms with van der Waals surface area (Å²) in [6.07, 6.45) is 2.57. The molecule has 0 aliphatic rings. The maximum atomic E-state index is 12.7. The summed E-state index contributed by atoms with van der Waals surface area (Å²) in [6.45, 7) is 5.49. The molecule has 3 aromatic rings. The van der Waals surface area contributed by atoms with Gasteiger partial charge in [-0.1, -0.05) is 6.07 Å². The first-order valence-corrected chi connectivity index (χ1v) is 11.7. The van der Waals surface area contributed by atoms with Crippen molar-refractivity contribution in [1.82, 2.24) is 14.5 Å². The van der Waals surface area contributed by atoms with Crippen molar-refractivity contribution in [2.45, 2.75) is 37.8 Å². The number of hydrogen-bond acceptors (Lipinski definition) is 8. The standard InChI is InChI=1S/C21H27N5O4S/c1-12(2)23-20-19-17(22-11-26(4)21(19)28)9-16(25-20)14-6-7-15(24-13(3)10-27)18(8-14)31(5,29)30/h6-9,11-13,24,27H,10H2,1-5H3,(H,23,25). The molecule has 3 N–H and O–H groups in total. The Morgan fingerprint density at radius 3 is 2.48 bits per heavy atom. The third-order valence-corrected chi connectivity index (χ3v) is 5.82. The highest BCUT2D eigenvalue weighted by atomic mass is 32.2. The van der Waals surface area contributed by atoms with Crippen LogP contribution < -0.4 is 16.2 Å². The smallest absolute Gasteiger partial charge is 0.264 e. The predicted molar refractivity (Wildman–Crippen MR) is 122 cm³/mol. The van der Waals surface area contributed by atoms with Gasteiger partial charge >= 0.3 is 0 Å². The molecule has 1 atom stereocenters. The SMILES string of the molecule is CC(C)Nc1nc(-c2ccc(NC(C)CO)c(S(C)(=O)=O)c2)cc2ncn(C)c(=O)c12. The van der Waals surface area contributed by atoms with Crippen LogP contribution in [-0.2, 0) is 16.9 Å². The van der Waals surface area contributed by atoms with Gasteiger partial charge < -0.3 is 20.3 Å². The highest BCUT2D eigenvalue weighted by molar-refractivity contribution is 7.90. The van der Waals surface area contributed by atoms with Crippen LogP contribution in [0.4, 0.5) is 11.5 Å². The minimum absolute atomic E-state index is 0.0222. The second kappa shape index (κ2) is 8.64. The molecule has 0 saturated heterocycles. The van der Waals surface area contributed by atoms with Crippen molar-refractivity contribution in [3.8, 4) is 11.3 Å². The van der Waals surface area contributed by atoms with Crippen molar-refractivity contribution < 1.29 is 13.5 Å². The zero-order chi connectivity index (χ0) is 22.9. The molecule has 0 aliphatic heterocycles. The van der Waals surface area contributed by atoms with Gasteiger partial charge in [-0.2, -0.15) is 0 Å². The second-order valence-corrected chi connectivity index (χ2v) is 9.91. The molecular weight excluding hydrogens is 418 g/mol. The van der Waals surface area contributed by atoms with Gasteiger partial charge in [-0.15, -0.1) is 0 Å². The van der Waals surface area contributed by atoms with Gasteiger partial charge in [0, 0.05) is 31.0 Å². The lowest BCUT2D eigenvalue weighted by atomic mass is 10.1. The summed E-state index contributed by atoms with van der Waals surface area (Å²) in [6, 6.07) is 6.32. The van der Waals surface area contributed by atoms with Gasteiger partial charge in [0.25, 0.3) is 5.56 Å². The number of aromatic nitrogens is 3. The Hall–Kier alpha value is -2.98. The number of hydrogen-bond donors (Lipinski definition) is 3. The Bertz CT molecular complexity index is 1280. The fourth-order valence-electron chi connectivity index (χ4n) is 3.17. The van der Waals surface area contributed by atoms with Crippen LogP contribution in [0.3, 0.4) is 0 Å². The number of anilines is 2. The third-order valence-electron chi connectivity index (χ3n) is 4.68. The Morgan fingerprint density at radius 1 is 1.16 bits per heavy atom. The Balaban J connectivity index is 2.23. The fourth-order valence-corrected chi connectivity index (χ4v) is 4.03. The molecule has 1 unspecified atom stereocenters. The molecule has 0 amide bonds. The fraction of sp³-hybridized carbons (Fsp3) is 0.381. The number of rotatable bonds is 7. The molecule has 0 radical (unpaired) electrons. The van der Waals surface area contributed by atoms with E-state index in [2.05, 4.69) is 20.6 Å². The van der Waals surface area contributed by atoms with Crippen molar-refractivity contribution in [3.05, 3.63) is 40.9 Å². The number of sulfone groups is 1. The molecule has 0 aliphatic carbocycles. The van der Waals surface area contributed by atoms with Gasteiger partial charge in [0.05, 0.1) is 34.7 Å². The van der Waals surface area contributed by atoms with Gasteiger partial charge in [0.2, 0.25) is 0 Å². The number of nitrogens with one attached hydrogen (secondary N) is 2. The summed E-state index contributed by atoms with van der Waals surface area (Å²) in [5.74, 6) is 0.396. The molecule has 1 aromatic carbocycles. The lowest BCUT2D eigenvalue weighted by Crippen LogP contribution is -2.21. The largest absolute Gasteiger partial charge is 0.394 e. The van der Waals surface area contributed by atoms with E-state index in [4.69, 9.17) is 0 Å². The van der Waals surface area contributed by atoms with E-state index in [-0.39, 0.29) is 29.1 Å². The number of pyridine rings is 1. The first-order chi connectivity index (χ1) is 14.5. The van der Waals surface area contributed by atoms with Crippen LogP contribution in [0.25, 0.3) is 22.2 Å². The molecule has 9 nitrogen and oxygen atoms in total. The van der Waals surface area contributed by atoms with Gasteiger partial charge in [-0.3, -0.25) is 4.79 Å². The maximum absolute atomic E-state index is 12.7. The molecule has 2 aromatic heterocycles. The summed E-state index contributed by atoms with van der Waals surface area (Å²) in [5.41, 5.74) is 1.71. The number of benzene rings is 1. The van der Waals surface area contributed by atoms with Crippen molar-refractivity contribution in [2.75, 3.05) is 23.5 Å². The highest BCUT2D eigenvalue weighted by Gasteiger charge is 2.19. The predicted octanol–water partition coefficient (Wildman–Crippen LogP) is 2.01. The van der Waals surface area contributed by atoms with Crippen molar-refractivity contribution in [1.29, 1.82) is 0 Å². The van der Waals surface area contributed by atoms with Crippen LogP contribution in [0.5, 0.6) is 0 Å². The van der Waals surface area contributed by atoms with Crippen LogP contribution in [0.1, 0.15) is 20.8 Å². The normalized spacial score (nSPS) is 12.9. The van der Waals surface area contributed by atoms with E-state index in [0.717, 1.165) is 6.26 Å². The minimum atomic E-state index is -3.56. The molecule has 3 rings (SSSR count). The van der Waals surface area contributed by atoms with Gasteiger partial charge in [-0.25, -0.2) is 18.4 Å². The van der Waals surface area contributed by atoms with E-state index in [0.29, 0.717) is 33.7 Å². The third kappa shape index (κ3) is 4.86. The zero-order valence-corrected chi connectivity index (χ0v) is 19.0. The first-order valence-electron chi connectivity index (χ1n) is 9.86. The van der Waals surface area contributed by atoms with E-state index in [9.17, 15) is 18.3 Å². The Kier molecular flexibility index (Phi) is 6.33. The van der Waals surface area contributed by atoms with Gasteiger partial charge in [0.1, 0.15) is 11.2 Å². The molecule has 0 fully saturated rings. The molecule has 0 spiro atoms. The number of fused-ring (bicyclic) bond motifs is 1. The van der Waals surface area contributed by atoms with Crippen LogP contribution in [0, 0.1) is 0 Å². The molecule has 166 valence electrons. The topological polar surface area (TPSA) is 126 Å². The van der Waals surface area contributed by atoms with Crippen LogP contribution in [0.15, 0.2) is 40.3 Å². The van der Waals surface area contributed by atoms with E-state index in [1.54, 1.807) is 32.2 Å². The molecule has 31 heavy (non-hydrogen) atoms. The second-order valence-electron chi connectivity index (χ2n) is 7.92. The van der Waals surface area contributed by atoms with Crippen molar-refractivity contribution in [3.63, 3.8) is 0 Å². The average molecular weight is 446 g/mol. The van der Waals surface area contributed by atoms with Crippen LogP contribution in [-0.4, -0.2) is 53.0 Å². The molecular formula is C21H27N5O4S. The highest BCUT2D eigenvalue weighted by Crippen LogP contribution is 2.31.